The fourth-order valence-electron chi connectivity index (χ4n) is 4.38. The molecule has 1 aliphatic carbocycles. The summed E-state index contributed by atoms with van der Waals surface area (Å²) in [5.41, 5.74) is 2.55. The summed E-state index contributed by atoms with van der Waals surface area (Å²) in [6.45, 7) is 4.82. The molecule has 6 heteroatoms. The van der Waals surface area contributed by atoms with Gasteiger partial charge in [-0.25, -0.2) is 0 Å². The molecule has 0 aromatic heterocycles. The molecule has 0 spiro atoms. The Hall–Kier alpha value is -1.79. The SMILES string of the molecule is COc1ccc([C@@]23CC/C(=N\OC(C)(C)OC)C[C@@H]2N(C)CC3)cc1OC. The molecular formula is C21H32N2O4. The Morgan fingerprint density at radius 2 is 1.85 bits per heavy atom. The van der Waals surface area contributed by atoms with Crippen LogP contribution >= 0.6 is 0 Å². The predicted octanol–water partition coefficient (Wildman–Crippen LogP) is 3.58. The summed E-state index contributed by atoms with van der Waals surface area (Å²) in [6.07, 6.45) is 4.03. The lowest BCUT2D eigenvalue weighted by atomic mass is 9.65. The van der Waals surface area contributed by atoms with E-state index in [9.17, 15) is 0 Å². The van der Waals surface area contributed by atoms with Gasteiger partial charge in [-0.3, -0.25) is 0 Å². The number of rotatable bonds is 6. The van der Waals surface area contributed by atoms with Crippen LogP contribution in [0.3, 0.4) is 0 Å². The highest BCUT2D eigenvalue weighted by atomic mass is 16.8. The summed E-state index contributed by atoms with van der Waals surface area (Å²) in [6, 6.07) is 6.77. The fraction of sp³-hybridized carbons (Fsp3) is 0.667. The fourth-order valence-corrected chi connectivity index (χ4v) is 4.38. The summed E-state index contributed by atoms with van der Waals surface area (Å²) in [5, 5.41) is 4.43. The van der Waals surface area contributed by atoms with Crippen molar-refractivity contribution in [3.63, 3.8) is 0 Å². The number of hydrogen-bond donors (Lipinski definition) is 0. The maximum Gasteiger partial charge on any atom is 0.230 e. The highest BCUT2D eigenvalue weighted by Crippen LogP contribution is 2.49. The number of nitrogens with zero attached hydrogens (tertiary/aromatic N) is 2. The molecule has 1 aromatic rings. The normalized spacial score (nSPS) is 27.5. The number of oxime groups is 1. The summed E-state index contributed by atoms with van der Waals surface area (Å²) < 4.78 is 16.3. The second-order valence-electron chi connectivity index (χ2n) is 8.03. The van der Waals surface area contributed by atoms with Crippen LogP contribution in [0.4, 0.5) is 0 Å². The van der Waals surface area contributed by atoms with E-state index < -0.39 is 5.79 Å². The van der Waals surface area contributed by atoms with Crippen molar-refractivity contribution in [2.75, 3.05) is 34.9 Å². The van der Waals surface area contributed by atoms with Gasteiger partial charge in [0.25, 0.3) is 0 Å². The molecule has 0 amide bonds. The van der Waals surface area contributed by atoms with Crippen molar-refractivity contribution in [1.29, 1.82) is 0 Å². The van der Waals surface area contributed by atoms with Gasteiger partial charge < -0.3 is 23.9 Å². The number of likely N-dealkylation sites (N-methyl/N-ethyl adjacent to an activating group) is 1. The molecule has 6 nitrogen and oxygen atoms in total. The summed E-state index contributed by atoms with van der Waals surface area (Å²) in [4.78, 5) is 8.07. The number of methoxy groups -OCH3 is 3. The topological polar surface area (TPSA) is 52.5 Å². The molecule has 27 heavy (non-hydrogen) atoms. The van der Waals surface area contributed by atoms with Crippen molar-refractivity contribution in [3.8, 4) is 11.5 Å². The third-order valence-corrected chi connectivity index (χ3v) is 6.21. The van der Waals surface area contributed by atoms with Gasteiger partial charge >= 0.3 is 0 Å². The van der Waals surface area contributed by atoms with E-state index in [2.05, 4.69) is 29.2 Å². The Kier molecular flexibility index (Phi) is 5.68. The lowest BCUT2D eigenvalue weighted by molar-refractivity contribution is -0.197. The minimum atomic E-state index is -0.702. The Morgan fingerprint density at radius 3 is 2.52 bits per heavy atom. The Morgan fingerprint density at radius 1 is 1.11 bits per heavy atom. The standard InChI is InChI=1S/C21H32N2O4/c1-20(2,26-6)27-22-16-9-10-21(11-12-23(3)19(21)14-16)15-7-8-17(24-4)18(13-15)25-5/h7-8,13,19H,9-12,14H2,1-6H3/b22-16+/t19-,21-/m0/s1. The van der Waals surface area contributed by atoms with Crippen molar-refractivity contribution >= 4 is 5.71 Å². The largest absolute Gasteiger partial charge is 0.493 e. The Bertz CT molecular complexity index is 703. The van der Waals surface area contributed by atoms with Crippen LogP contribution in [0.2, 0.25) is 0 Å². The Labute approximate surface area is 162 Å². The van der Waals surface area contributed by atoms with Gasteiger partial charge in [-0.2, -0.15) is 0 Å². The molecule has 2 atom stereocenters. The van der Waals surface area contributed by atoms with E-state index in [0.29, 0.717) is 6.04 Å². The number of benzene rings is 1. The molecule has 0 N–H and O–H groups in total. The zero-order chi connectivity index (χ0) is 19.7. The van der Waals surface area contributed by atoms with Crippen molar-refractivity contribution in [1.82, 2.24) is 4.90 Å². The molecule has 3 rings (SSSR count). The lowest BCUT2D eigenvalue weighted by Crippen LogP contribution is -2.46. The van der Waals surface area contributed by atoms with Gasteiger partial charge in [0.05, 0.1) is 19.9 Å². The van der Waals surface area contributed by atoms with Crippen molar-refractivity contribution in [2.24, 2.45) is 5.16 Å². The monoisotopic (exact) mass is 376 g/mol. The first-order valence-corrected chi connectivity index (χ1v) is 9.57. The van der Waals surface area contributed by atoms with E-state index in [1.165, 1.54) is 5.56 Å². The molecular weight excluding hydrogens is 344 g/mol. The van der Waals surface area contributed by atoms with E-state index in [0.717, 1.165) is 49.4 Å². The highest BCUT2D eigenvalue weighted by Gasteiger charge is 2.50. The maximum atomic E-state index is 5.62. The van der Waals surface area contributed by atoms with Crippen molar-refractivity contribution in [3.05, 3.63) is 23.8 Å². The van der Waals surface area contributed by atoms with Gasteiger partial charge in [-0.05, 0) is 50.6 Å². The maximum absolute atomic E-state index is 5.62. The molecule has 0 radical (unpaired) electrons. The van der Waals surface area contributed by atoms with Crippen LogP contribution in [-0.4, -0.2) is 57.4 Å². The minimum absolute atomic E-state index is 0.115. The van der Waals surface area contributed by atoms with Crippen molar-refractivity contribution in [2.45, 2.75) is 56.8 Å². The number of ether oxygens (including phenoxy) is 3. The van der Waals surface area contributed by atoms with E-state index in [1.54, 1.807) is 21.3 Å². The van der Waals surface area contributed by atoms with E-state index >= 15 is 0 Å². The molecule has 1 saturated heterocycles. The molecule has 1 saturated carbocycles. The first-order valence-electron chi connectivity index (χ1n) is 9.57. The second kappa shape index (κ2) is 7.68. The third-order valence-electron chi connectivity index (χ3n) is 6.21. The van der Waals surface area contributed by atoms with Crippen LogP contribution in [0.15, 0.2) is 23.4 Å². The van der Waals surface area contributed by atoms with Gasteiger partial charge in [-0.1, -0.05) is 11.2 Å². The lowest BCUT2D eigenvalue weighted by Gasteiger charge is -2.42. The average Bonchev–Trinajstić information content (AvgIpc) is 3.03. The molecule has 1 aliphatic heterocycles. The number of likely N-dealkylation sites (tertiary alicyclic amines) is 1. The van der Waals surface area contributed by atoms with E-state index in [-0.39, 0.29) is 5.41 Å². The Balaban J connectivity index is 1.87. The summed E-state index contributed by atoms with van der Waals surface area (Å²) >= 11 is 0. The minimum Gasteiger partial charge on any atom is -0.493 e. The van der Waals surface area contributed by atoms with Crippen LogP contribution in [0.5, 0.6) is 11.5 Å². The van der Waals surface area contributed by atoms with Gasteiger partial charge in [0.15, 0.2) is 11.5 Å². The first kappa shape index (κ1) is 20.0. The molecule has 150 valence electrons. The smallest absolute Gasteiger partial charge is 0.230 e. The van der Waals surface area contributed by atoms with Gasteiger partial charge in [0.1, 0.15) is 0 Å². The van der Waals surface area contributed by atoms with E-state index in [1.807, 2.05) is 19.9 Å². The zero-order valence-electron chi connectivity index (χ0n) is 17.4. The molecule has 1 aromatic carbocycles. The van der Waals surface area contributed by atoms with Crippen LogP contribution in [0.25, 0.3) is 0 Å². The van der Waals surface area contributed by atoms with Crippen LogP contribution in [0.1, 0.15) is 45.1 Å². The van der Waals surface area contributed by atoms with Crippen LogP contribution in [0, 0.1) is 0 Å². The number of fused-ring (bicyclic) bond motifs is 1. The van der Waals surface area contributed by atoms with Crippen LogP contribution in [-0.2, 0) is 15.0 Å². The van der Waals surface area contributed by atoms with Crippen LogP contribution < -0.4 is 9.47 Å². The molecule has 0 unspecified atom stereocenters. The average molecular weight is 376 g/mol. The molecule has 0 bridgehead atoms. The van der Waals surface area contributed by atoms with Gasteiger partial charge in [-0.15, -0.1) is 0 Å². The third kappa shape index (κ3) is 3.78. The van der Waals surface area contributed by atoms with Crippen molar-refractivity contribution < 1.29 is 19.0 Å². The predicted molar refractivity (Wildman–Crippen MR) is 106 cm³/mol. The summed E-state index contributed by atoms with van der Waals surface area (Å²) in [5.74, 6) is 0.864. The van der Waals surface area contributed by atoms with Gasteiger partial charge in [0.2, 0.25) is 5.79 Å². The number of hydrogen-bond acceptors (Lipinski definition) is 6. The van der Waals surface area contributed by atoms with E-state index in [4.69, 9.17) is 19.0 Å². The summed E-state index contributed by atoms with van der Waals surface area (Å²) in [7, 11) is 7.20. The molecule has 2 aliphatic rings. The first-order chi connectivity index (χ1) is 12.8. The zero-order valence-corrected chi connectivity index (χ0v) is 17.4. The molecule has 1 heterocycles. The quantitative estimate of drug-likeness (QED) is 0.561. The van der Waals surface area contributed by atoms with Gasteiger partial charge in [0, 0.05) is 38.8 Å². The highest BCUT2D eigenvalue weighted by molar-refractivity contribution is 5.86. The second-order valence-corrected chi connectivity index (χ2v) is 8.03. The molecule has 2 fully saturated rings.